The smallest absolute Gasteiger partial charge is 0.328 e. The molecule has 27 heavy (non-hydrogen) atoms. The van der Waals surface area contributed by atoms with Crippen molar-refractivity contribution in [1.29, 1.82) is 0 Å². The van der Waals surface area contributed by atoms with Crippen molar-refractivity contribution in [2.45, 2.75) is 25.2 Å². The second-order valence-electron chi connectivity index (χ2n) is 6.65. The lowest BCUT2D eigenvalue weighted by molar-refractivity contribution is -0.131. The number of carboxylic acids is 1. The van der Waals surface area contributed by atoms with Crippen LogP contribution in [-0.4, -0.2) is 11.1 Å². The van der Waals surface area contributed by atoms with Crippen LogP contribution in [-0.2, 0) is 4.79 Å². The molecule has 3 aromatic rings. The zero-order chi connectivity index (χ0) is 19.1. The van der Waals surface area contributed by atoms with Crippen molar-refractivity contribution in [1.82, 2.24) is 0 Å². The molecule has 136 valence electrons. The highest BCUT2D eigenvalue weighted by molar-refractivity contribution is 5.85. The lowest BCUT2D eigenvalue weighted by Crippen LogP contribution is -2.12. The van der Waals surface area contributed by atoms with E-state index in [1.54, 1.807) is 6.08 Å². The molecule has 3 aromatic carbocycles. The van der Waals surface area contributed by atoms with Gasteiger partial charge in [-0.25, -0.2) is 4.79 Å². The standard InChI is InChI=1S/C25H24O2/c1-2-23(20-9-5-3-6-10-20)25(21-11-7-4-8-12-21)22-16-13-19(14-17-22)15-18-24(26)27/h3-18,23,25H,2H2,1H3,(H,26,27)/b18-15+. The van der Waals surface area contributed by atoms with E-state index in [9.17, 15) is 4.79 Å². The molecule has 0 aromatic heterocycles. The molecule has 0 heterocycles. The van der Waals surface area contributed by atoms with Crippen LogP contribution in [0.5, 0.6) is 0 Å². The van der Waals surface area contributed by atoms with E-state index in [1.165, 1.54) is 22.8 Å². The number of aliphatic carboxylic acids is 1. The Morgan fingerprint density at radius 1 is 0.815 bits per heavy atom. The molecule has 0 bridgehead atoms. The zero-order valence-electron chi connectivity index (χ0n) is 15.5. The lowest BCUT2D eigenvalue weighted by atomic mass is 9.76. The molecule has 0 saturated heterocycles. The summed E-state index contributed by atoms with van der Waals surface area (Å²) in [6, 6.07) is 29.5. The van der Waals surface area contributed by atoms with E-state index in [-0.39, 0.29) is 5.92 Å². The molecule has 0 saturated carbocycles. The van der Waals surface area contributed by atoms with Crippen molar-refractivity contribution < 1.29 is 9.90 Å². The predicted molar refractivity (Wildman–Crippen MR) is 111 cm³/mol. The number of rotatable bonds is 7. The van der Waals surface area contributed by atoms with E-state index in [2.05, 4.69) is 73.7 Å². The fourth-order valence-electron chi connectivity index (χ4n) is 3.66. The Bertz CT molecular complexity index is 881. The summed E-state index contributed by atoms with van der Waals surface area (Å²) in [7, 11) is 0. The van der Waals surface area contributed by atoms with Gasteiger partial charge in [-0.2, -0.15) is 0 Å². The zero-order valence-corrected chi connectivity index (χ0v) is 15.5. The summed E-state index contributed by atoms with van der Waals surface area (Å²) in [6.07, 6.45) is 3.82. The number of hydrogen-bond donors (Lipinski definition) is 1. The highest BCUT2D eigenvalue weighted by Crippen LogP contribution is 2.40. The van der Waals surface area contributed by atoms with E-state index >= 15 is 0 Å². The van der Waals surface area contributed by atoms with Gasteiger partial charge < -0.3 is 5.11 Å². The summed E-state index contributed by atoms with van der Waals surface area (Å²) < 4.78 is 0. The number of carbonyl (C=O) groups is 1. The SMILES string of the molecule is CCC(c1ccccc1)C(c1ccccc1)c1ccc(/C=C/C(=O)O)cc1. The highest BCUT2D eigenvalue weighted by atomic mass is 16.4. The van der Waals surface area contributed by atoms with E-state index in [1.807, 2.05) is 18.2 Å². The average molecular weight is 356 g/mol. The van der Waals surface area contributed by atoms with E-state index < -0.39 is 5.97 Å². The van der Waals surface area contributed by atoms with Crippen LogP contribution in [0.4, 0.5) is 0 Å². The Labute approximate surface area is 160 Å². The molecular formula is C25H24O2. The maximum Gasteiger partial charge on any atom is 0.328 e. The summed E-state index contributed by atoms with van der Waals surface area (Å²) in [5.74, 6) is -0.318. The van der Waals surface area contributed by atoms with Crippen molar-refractivity contribution in [3.05, 3.63) is 113 Å². The second-order valence-corrected chi connectivity index (χ2v) is 6.65. The van der Waals surface area contributed by atoms with Gasteiger partial charge in [0, 0.05) is 12.0 Å². The Morgan fingerprint density at radius 2 is 1.33 bits per heavy atom. The molecule has 2 nitrogen and oxygen atoms in total. The van der Waals surface area contributed by atoms with Crippen LogP contribution in [0.15, 0.2) is 91.0 Å². The quantitative estimate of drug-likeness (QED) is 0.519. The molecule has 0 aliphatic heterocycles. The number of carboxylic acid groups (broad SMARTS) is 1. The molecule has 1 N–H and O–H groups in total. The van der Waals surface area contributed by atoms with E-state index in [0.717, 1.165) is 12.0 Å². The van der Waals surface area contributed by atoms with Crippen molar-refractivity contribution in [3.8, 4) is 0 Å². The summed E-state index contributed by atoms with van der Waals surface area (Å²) in [4.78, 5) is 10.7. The maximum absolute atomic E-state index is 10.7. The Hall–Kier alpha value is -3.13. The molecule has 0 fully saturated rings. The predicted octanol–water partition coefficient (Wildman–Crippen LogP) is 6.11. The Kier molecular flexibility index (Phi) is 6.22. The first-order chi connectivity index (χ1) is 13.2. The van der Waals surface area contributed by atoms with Crippen LogP contribution in [0.2, 0.25) is 0 Å². The second kappa shape index (κ2) is 9.00. The lowest BCUT2D eigenvalue weighted by Gasteiger charge is -2.28. The fourth-order valence-corrected chi connectivity index (χ4v) is 3.66. The molecule has 2 heteroatoms. The summed E-state index contributed by atoms with van der Waals surface area (Å²) in [5, 5.41) is 8.81. The van der Waals surface area contributed by atoms with Gasteiger partial charge in [-0.1, -0.05) is 91.9 Å². The molecule has 0 aliphatic carbocycles. The van der Waals surface area contributed by atoms with Crippen molar-refractivity contribution in [2.24, 2.45) is 0 Å². The third kappa shape index (κ3) is 4.73. The first kappa shape index (κ1) is 18.7. The van der Waals surface area contributed by atoms with Crippen LogP contribution >= 0.6 is 0 Å². The van der Waals surface area contributed by atoms with Gasteiger partial charge in [0.25, 0.3) is 0 Å². The van der Waals surface area contributed by atoms with Gasteiger partial charge in [0.05, 0.1) is 0 Å². The van der Waals surface area contributed by atoms with Gasteiger partial charge in [0.2, 0.25) is 0 Å². The summed E-state index contributed by atoms with van der Waals surface area (Å²) in [6.45, 7) is 2.23. The normalized spacial score (nSPS) is 13.4. The van der Waals surface area contributed by atoms with Gasteiger partial charge in [-0.3, -0.25) is 0 Å². The first-order valence-electron chi connectivity index (χ1n) is 9.30. The number of benzene rings is 3. The monoisotopic (exact) mass is 356 g/mol. The third-order valence-corrected chi connectivity index (χ3v) is 4.94. The molecule has 0 radical (unpaired) electrons. The van der Waals surface area contributed by atoms with Crippen molar-refractivity contribution in [3.63, 3.8) is 0 Å². The molecule has 2 atom stereocenters. The minimum absolute atomic E-state index is 0.246. The van der Waals surface area contributed by atoms with E-state index in [4.69, 9.17) is 5.11 Å². The van der Waals surface area contributed by atoms with Crippen LogP contribution in [0, 0.1) is 0 Å². The van der Waals surface area contributed by atoms with Gasteiger partial charge in [0.15, 0.2) is 0 Å². The van der Waals surface area contributed by atoms with Gasteiger partial charge in [-0.15, -0.1) is 0 Å². The molecule has 2 unspecified atom stereocenters. The van der Waals surface area contributed by atoms with E-state index in [0.29, 0.717) is 5.92 Å². The van der Waals surface area contributed by atoms with Crippen molar-refractivity contribution >= 4 is 12.0 Å². The summed E-state index contributed by atoms with van der Waals surface area (Å²) >= 11 is 0. The van der Waals surface area contributed by atoms with Gasteiger partial charge in [0.1, 0.15) is 0 Å². The van der Waals surface area contributed by atoms with Crippen LogP contribution < -0.4 is 0 Å². The first-order valence-corrected chi connectivity index (χ1v) is 9.30. The largest absolute Gasteiger partial charge is 0.478 e. The molecular weight excluding hydrogens is 332 g/mol. The average Bonchev–Trinajstić information content (AvgIpc) is 2.72. The molecule has 0 aliphatic rings. The fraction of sp³-hybridized carbons (Fsp3) is 0.160. The Balaban J connectivity index is 2.01. The summed E-state index contributed by atoms with van der Waals surface area (Å²) in [5.41, 5.74) is 4.76. The van der Waals surface area contributed by atoms with Crippen molar-refractivity contribution in [2.75, 3.05) is 0 Å². The Morgan fingerprint density at radius 3 is 1.85 bits per heavy atom. The van der Waals surface area contributed by atoms with Gasteiger partial charge in [-0.05, 0) is 40.7 Å². The molecule has 0 amide bonds. The van der Waals surface area contributed by atoms with Crippen LogP contribution in [0.3, 0.4) is 0 Å². The van der Waals surface area contributed by atoms with Crippen LogP contribution in [0.25, 0.3) is 6.08 Å². The minimum Gasteiger partial charge on any atom is -0.478 e. The van der Waals surface area contributed by atoms with Crippen LogP contribution in [0.1, 0.15) is 47.4 Å². The molecule has 3 rings (SSSR count). The third-order valence-electron chi connectivity index (χ3n) is 4.94. The number of hydrogen-bond acceptors (Lipinski definition) is 1. The maximum atomic E-state index is 10.7. The highest BCUT2D eigenvalue weighted by Gasteiger charge is 2.24. The van der Waals surface area contributed by atoms with Gasteiger partial charge >= 0.3 is 5.97 Å². The minimum atomic E-state index is -0.934. The molecule has 0 spiro atoms. The topological polar surface area (TPSA) is 37.3 Å².